The van der Waals surface area contributed by atoms with E-state index in [4.69, 9.17) is 0 Å². The number of fused-ring (bicyclic) bond motifs is 2. The van der Waals surface area contributed by atoms with Crippen LogP contribution in [0.25, 0.3) is 21.8 Å². The second kappa shape index (κ2) is 10.3. The predicted molar refractivity (Wildman–Crippen MR) is 156 cm³/mol. The Kier molecular flexibility index (Phi) is 7.71. The fourth-order valence-electron chi connectivity index (χ4n) is 4.24. The zero-order chi connectivity index (χ0) is 29.8. The number of alkyl halides is 3. The van der Waals surface area contributed by atoms with Crippen LogP contribution in [0.2, 0.25) is 0 Å². The Bertz CT molecular complexity index is 1690. The molecule has 0 bridgehead atoms. The van der Waals surface area contributed by atoms with E-state index in [2.05, 4.69) is 43.2 Å². The maximum atomic E-state index is 13.1. The van der Waals surface area contributed by atoms with Crippen molar-refractivity contribution in [3.05, 3.63) is 63.1 Å². The van der Waals surface area contributed by atoms with Crippen LogP contribution in [0.15, 0.2) is 42.6 Å². The molecule has 13 heteroatoms. The smallest absolute Gasteiger partial charge is 0.386 e. The Balaban J connectivity index is 0.000000210. The van der Waals surface area contributed by atoms with E-state index in [0.29, 0.717) is 22.3 Å². The van der Waals surface area contributed by atoms with E-state index in [9.17, 15) is 23.4 Å². The molecule has 0 aliphatic rings. The Morgan fingerprint density at radius 2 is 1.27 bits per heavy atom. The van der Waals surface area contributed by atoms with Crippen LogP contribution in [0, 0.1) is 3.70 Å². The lowest BCUT2D eigenvalue weighted by Crippen LogP contribution is -2.15. The van der Waals surface area contributed by atoms with Crippen molar-refractivity contribution in [3.63, 3.8) is 0 Å². The Morgan fingerprint density at radius 1 is 0.775 bits per heavy atom. The average Bonchev–Trinajstić information content (AvgIpc) is 3.46. The van der Waals surface area contributed by atoms with Crippen molar-refractivity contribution < 1.29 is 23.4 Å². The predicted octanol–water partition coefficient (Wildman–Crippen LogP) is 5.70. The SMILES string of the molecule is Cn1cc(Nc2nn(C)c3cc(C(C)(C)O)ccc23)c(C(F)(F)F)n1.Cn1nc(I)c2ccc(C(C)(C)O)cc21. The van der Waals surface area contributed by atoms with Crippen molar-refractivity contribution in [2.24, 2.45) is 21.1 Å². The quantitative estimate of drug-likeness (QED) is 0.212. The Morgan fingerprint density at radius 3 is 1.80 bits per heavy atom. The number of rotatable bonds is 4. The van der Waals surface area contributed by atoms with Gasteiger partial charge in [-0.1, -0.05) is 12.1 Å². The highest BCUT2D eigenvalue weighted by molar-refractivity contribution is 14.1. The second-order valence-electron chi connectivity index (χ2n) is 10.7. The molecule has 0 atom stereocenters. The maximum Gasteiger partial charge on any atom is 0.437 e. The van der Waals surface area contributed by atoms with Crippen LogP contribution >= 0.6 is 22.6 Å². The van der Waals surface area contributed by atoms with Gasteiger partial charge in [0.15, 0.2) is 11.5 Å². The molecule has 3 aromatic heterocycles. The molecular weight excluding hydrogens is 638 g/mol. The van der Waals surface area contributed by atoms with Gasteiger partial charge in [0.05, 0.1) is 27.9 Å². The van der Waals surface area contributed by atoms with E-state index in [-0.39, 0.29) is 5.69 Å². The molecule has 3 N–H and O–H groups in total. The van der Waals surface area contributed by atoms with Crippen molar-refractivity contribution in [1.82, 2.24) is 29.3 Å². The summed E-state index contributed by atoms with van der Waals surface area (Å²) in [7, 11) is 5.03. The first-order valence-electron chi connectivity index (χ1n) is 12.3. The third-order valence-corrected chi connectivity index (χ3v) is 7.22. The molecule has 0 fully saturated rings. The number of anilines is 2. The van der Waals surface area contributed by atoms with E-state index in [0.717, 1.165) is 24.8 Å². The summed E-state index contributed by atoms with van der Waals surface area (Å²) in [6.07, 6.45) is -3.31. The van der Waals surface area contributed by atoms with E-state index in [1.165, 1.54) is 13.2 Å². The van der Waals surface area contributed by atoms with E-state index in [1.807, 2.05) is 29.9 Å². The van der Waals surface area contributed by atoms with Gasteiger partial charge in [-0.3, -0.25) is 14.0 Å². The average molecular weight is 669 g/mol. The minimum atomic E-state index is -4.57. The summed E-state index contributed by atoms with van der Waals surface area (Å²) >= 11 is 2.22. The normalized spacial score (nSPS) is 12.6. The number of benzene rings is 2. The molecule has 0 radical (unpaired) electrons. The summed E-state index contributed by atoms with van der Waals surface area (Å²) in [5.41, 5.74) is 0.353. The molecule has 0 aliphatic carbocycles. The van der Waals surface area contributed by atoms with Crippen molar-refractivity contribution >= 4 is 55.9 Å². The third-order valence-electron chi connectivity index (χ3n) is 6.42. The van der Waals surface area contributed by atoms with Crippen LogP contribution in [-0.4, -0.2) is 39.6 Å². The summed E-state index contributed by atoms with van der Waals surface area (Å²) in [5, 5.41) is 36.6. The van der Waals surface area contributed by atoms with Crippen LogP contribution in [0.3, 0.4) is 0 Å². The van der Waals surface area contributed by atoms with E-state index in [1.54, 1.807) is 57.6 Å². The van der Waals surface area contributed by atoms with Gasteiger partial charge in [0.25, 0.3) is 0 Å². The fourth-order valence-corrected chi connectivity index (χ4v) is 5.02. The molecule has 2 aromatic carbocycles. The molecule has 40 heavy (non-hydrogen) atoms. The van der Waals surface area contributed by atoms with Crippen molar-refractivity contribution in [2.45, 2.75) is 45.1 Å². The van der Waals surface area contributed by atoms with E-state index >= 15 is 0 Å². The molecular formula is C27H31F3IN7O2. The fraction of sp³-hybridized carbons (Fsp3) is 0.370. The van der Waals surface area contributed by atoms with E-state index < -0.39 is 23.1 Å². The number of aliphatic hydroxyl groups is 2. The van der Waals surface area contributed by atoms with Crippen LogP contribution in [0.5, 0.6) is 0 Å². The van der Waals surface area contributed by atoms with Crippen LogP contribution in [0.4, 0.5) is 24.7 Å². The second-order valence-corrected chi connectivity index (χ2v) is 11.7. The molecule has 0 saturated heterocycles. The lowest BCUT2D eigenvalue weighted by atomic mass is 9.97. The van der Waals surface area contributed by atoms with Gasteiger partial charge in [-0.2, -0.15) is 28.5 Å². The number of halogens is 4. The first-order chi connectivity index (χ1) is 18.4. The highest BCUT2D eigenvalue weighted by atomic mass is 127. The van der Waals surface area contributed by atoms with Gasteiger partial charge >= 0.3 is 6.18 Å². The highest BCUT2D eigenvalue weighted by Gasteiger charge is 2.37. The van der Waals surface area contributed by atoms with Crippen LogP contribution in [-0.2, 0) is 38.5 Å². The minimum absolute atomic E-state index is 0.165. The maximum absolute atomic E-state index is 13.1. The number of nitrogens with zero attached hydrogens (tertiary/aromatic N) is 6. The van der Waals surface area contributed by atoms with Gasteiger partial charge in [0, 0.05) is 38.1 Å². The summed E-state index contributed by atoms with van der Waals surface area (Å²) in [4.78, 5) is 0. The summed E-state index contributed by atoms with van der Waals surface area (Å²) < 4.78 is 44.8. The summed E-state index contributed by atoms with van der Waals surface area (Å²) in [6, 6.07) is 11.2. The summed E-state index contributed by atoms with van der Waals surface area (Å²) in [6.45, 7) is 6.90. The summed E-state index contributed by atoms with van der Waals surface area (Å²) in [5.74, 6) is 0.290. The molecule has 0 amide bonds. The number of aromatic nitrogens is 6. The van der Waals surface area contributed by atoms with Gasteiger partial charge in [-0.25, -0.2) is 0 Å². The molecule has 214 valence electrons. The van der Waals surface area contributed by atoms with Gasteiger partial charge in [-0.15, -0.1) is 0 Å². The van der Waals surface area contributed by atoms with Gasteiger partial charge < -0.3 is 15.5 Å². The monoisotopic (exact) mass is 669 g/mol. The molecule has 0 spiro atoms. The lowest BCUT2D eigenvalue weighted by Gasteiger charge is -2.17. The number of hydrogen-bond acceptors (Lipinski definition) is 6. The van der Waals surface area contributed by atoms with Crippen LogP contribution in [0.1, 0.15) is 44.5 Å². The molecule has 9 nitrogen and oxygen atoms in total. The first-order valence-corrected chi connectivity index (χ1v) is 13.4. The lowest BCUT2D eigenvalue weighted by molar-refractivity contribution is -0.140. The van der Waals surface area contributed by atoms with Crippen molar-refractivity contribution in [2.75, 3.05) is 5.32 Å². The molecule has 3 heterocycles. The first kappa shape index (κ1) is 29.8. The Labute approximate surface area is 242 Å². The van der Waals surface area contributed by atoms with Gasteiger partial charge in [0.2, 0.25) is 0 Å². The molecule has 0 aliphatic heterocycles. The minimum Gasteiger partial charge on any atom is -0.386 e. The molecule has 0 saturated carbocycles. The molecule has 0 unspecified atom stereocenters. The molecule has 5 aromatic rings. The van der Waals surface area contributed by atoms with Crippen molar-refractivity contribution in [3.8, 4) is 0 Å². The number of nitrogens with one attached hydrogen (secondary N) is 1. The Hall–Kier alpha value is -3.17. The topological polar surface area (TPSA) is 106 Å². The number of hydrogen-bond donors (Lipinski definition) is 3. The largest absolute Gasteiger partial charge is 0.437 e. The van der Waals surface area contributed by atoms with Gasteiger partial charge in [-0.05, 0) is 85.7 Å². The standard InChI is InChI=1S/C16H18F3N5O.C11H13IN2O/c1-15(2,25)9-5-6-10-12(7-9)24(4)22-14(10)20-11-8-23(3)21-13(11)16(17,18)19;1-11(2,15)7-4-5-8-9(6-7)14(3)13-10(8)12/h5-8,25H,1-4H3,(H,20,22);4-6,15H,1-3H3. The zero-order valence-corrected chi connectivity index (χ0v) is 25.3. The molecule has 5 rings (SSSR count). The third kappa shape index (κ3) is 6.10. The van der Waals surface area contributed by atoms with Crippen molar-refractivity contribution in [1.29, 1.82) is 0 Å². The highest BCUT2D eigenvalue weighted by Crippen LogP contribution is 2.36. The zero-order valence-electron chi connectivity index (χ0n) is 23.1. The van der Waals surface area contributed by atoms with Gasteiger partial charge in [0.1, 0.15) is 3.70 Å². The number of aryl methyl sites for hydroxylation is 3. The van der Waals surface area contributed by atoms with Crippen LogP contribution < -0.4 is 5.32 Å².